The molecule has 3 nitrogen and oxygen atoms in total. The van der Waals surface area contributed by atoms with Gasteiger partial charge in [-0.25, -0.2) is 4.98 Å². The molecule has 1 heterocycles. The van der Waals surface area contributed by atoms with Crippen LogP contribution in [0.2, 0.25) is 0 Å². The Morgan fingerprint density at radius 1 is 1.04 bits per heavy atom. The van der Waals surface area contributed by atoms with E-state index in [4.69, 9.17) is 4.74 Å². The molecule has 0 N–H and O–H groups in total. The standard InChI is InChI=1S/C21H24N2O/c1-15-11-20-21(12-16(15)2)23(14-22-20)9-4-10-24-19-8-7-17-5-3-6-18(17)13-19/h7-8,11-14H,3-6,9-10H2,1-2H3. The highest BCUT2D eigenvalue weighted by atomic mass is 16.5. The average molecular weight is 320 g/mol. The summed E-state index contributed by atoms with van der Waals surface area (Å²) in [6.45, 7) is 5.97. The van der Waals surface area contributed by atoms with Gasteiger partial charge in [0.2, 0.25) is 0 Å². The molecule has 2 aromatic carbocycles. The highest BCUT2D eigenvalue weighted by Gasteiger charge is 2.11. The van der Waals surface area contributed by atoms with E-state index in [1.807, 2.05) is 6.33 Å². The first-order valence-electron chi connectivity index (χ1n) is 8.87. The number of rotatable bonds is 5. The van der Waals surface area contributed by atoms with Gasteiger partial charge in [-0.15, -0.1) is 0 Å². The lowest BCUT2D eigenvalue weighted by molar-refractivity contribution is 0.302. The van der Waals surface area contributed by atoms with Crippen molar-refractivity contribution in [3.63, 3.8) is 0 Å². The van der Waals surface area contributed by atoms with Gasteiger partial charge in [0.15, 0.2) is 0 Å². The van der Waals surface area contributed by atoms with Crippen LogP contribution in [0, 0.1) is 13.8 Å². The molecule has 1 aliphatic rings. The molecule has 24 heavy (non-hydrogen) atoms. The number of benzene rings is 2. The zero-order chi connectivity index (χ0) is 16.5. The van der Waals surface area contributed by atoms with E-state index in [1.165, 1.54) is 47.0 Å². The van der Waals surface area contributed by atoms with Crippen molar-refractivity contribution in [2.24, 2.45) is 0 Å². The third-order valence-electron chi connectivity index (χ3n) is 5.12. The Bertz CT molecular complexity index is 879. The molecule has 4 rings (SSSR count). The van der Waals surface area contributed by atoms with Crippen LogP contribution < -0.4 is 4.74 Å². The van der Waals surface area contributed by atoms with Crippen molar-refractivity contribution >= 4 is 11.0 Å². The number of fused-ring (bicyclic) bond motifs is 2. The summed E-state index contributed by atoms with van der Waals surface area (Å²) < 4.78 is 8.18. The minimum atomic E-state index is 0.739. The largest absolute Gasteiger partial charge is 0.494 e. The number of hydrogen-bond acceptors (Lipinski definition) is 2. The monoisotopic (exact) mass is 320 g/mol. The predicted molar refractivity (Wildman–Crippen MR) is 97.8 cm³/mol. The van der Waals surface area contributed by atoms with Gasteiger partial charge in [0.05, 0.1) is 24.0 Å². The molecule has 1 aliphatic carbocycles. The molecule has 0 atom stereocenters. The van der Waals surface area contributed by atoms with Crippen LogP contribution in [-0.4, -0.2) is 16.2 Å². The second-order valence-corrected chi connectivity index (χ2v) is 6.85. The maximum absolute atomic E-state index is 5.95. The van der Waals surface area contributed by atoms with E-state index in [-0.39, 0.29) is 0 Å². The Kier molecular flexibility index (Phi) is 4.01. The van der Waals surface area contributed by atoms with Gasteiger partial charge in [-0.05, 0) is 86.1 Å². The average Bonchev–Trinajstić information content (AvgIpc) is 3.19. The molecule has 0 amide bonds. The topological polar surface area (TPSA) is 27.1 Å². The lowest BCUT2D eigenvalue weighted by atomic mass is 10.1. The minimum absolute atomic E-state index is 0.739. The van der Waals surface area contributed by atoms with Crippen LogP contribution in [-0.2, 0) is 19.4 Å². The van der Waals surface area contributed by atoms with E-state index in [1.54, 1.807) is 0 Å². The third-order valence-corrected chi connectivity index (χ3v) is 5.12. The van der Waals surface area contributed by atoms with Gasteiger partial charge < -0.3 is 9.30 Å². The number of ether oxygens (including phenoxy) is 1. The van der Waals surface area contributed by atoms with Crippen LogP contribution in [0.15, 0.2) is 36.7 Å². The summed E-state index contributed by atoms with van der Waals surface area (Å²) in [5.41, 5.74) is 7.89. The number of imidazole rings is 1. The summed E-state index contributed by atoms with van der Waals surface area (Å²) in [6, 6.07) is 11.0. The van der Waals surface area contributed by atoms with Crippen molar-refractivity contribution in [2.45, 2.75) is 46.1 Å². The van der Waals surface area contributed by atoms with Gasteiger partial charge in [-0.1, -0.05) is 6.07 Å². The lowest BCUT2D eigenvalue weighted by Gasteiger charge is -2.09. The normalized spacial score (nSPS) is 13.4. The fourth-order valence-corrected chi connectivity index (χ4v) is 3.55. The molecular formula is C21H24N2O. The van der Waals surface area contributed by atoms with Crippen molar-refractivity contribution in [1.29, 1.82) is 0 Å². The Morgan fingerprint density at radius 3 is 2.79 bits per heavy atom. The van der Waals surface area contributed by atoms with E-state index in [0.29, 0.717) is 0 Å². The van der Waals surface area contributed by atoms with Gasteiger partial charge >= 0.3 is 0 Å². The molecule has 0 bridgehead atoms. The molecule has 124 valence electrons. The second kappa shape index (κ2) is 6.31. The summed E-state index contributed by atoms with van der Waals surface area (Å²) in [5.74, 6) is 1.01. The molecule has 0 aliphatic heterocycles. The molecule has 0 spiro atoms. The number of hydrogen-bond donors (Lipinski definition) is 0. The first kappa shape index (κ1) is 15.3. The van der Waals surface area contributed by atoms with Crippen LogP contribution in [0.5, 0.6) is 5.75 Å². The Morgan fingerprint density at radius 2 is 1.88 bits per heavy atom. The van der Waals surface area contributed by atoms with Crippen molar-refractivity contribution < 1.29 is 4.74 Å². The molecule has 1 aromatic heterocycles. The quantitative estimate of drug-likeness (QED) is 0.642. The van der Waals surface area contributed by atoms with Crippen molar-refractivity contribution in [2.75, 3.05) is 6.61 Å². The SMILES string of the molecule is Cc1cc2ncn(CCCOc3ccc4c(c3)CCC4)c2cc1C. The minimum Gasteiger partial charge on any atom is -0.494 e. The molecule has 0 radical (unpaired) electrons. The summed E-state index contributed by atoms with van der Waals surface area (Å²) >= 11 is 0. The van der Waals surface area contributed by atoms with Crippen molar-refractivity contribution in [3.05, 3.63) is 58.9 Å². The third kappa shape index (κ3) is 2.91. The molecule has 0 saturated carbocycles. The maximum atomic E-state index is 5.95. The first-order valence-corrected chi connectivity index (χ1v) is 8.87. The summed E-state index contributed by atoms with van der Waals surface area (Å²) in [6.07, 6.45) is 6.63. The smallest absolute Gasteiger partial charge is 0.119 e. The van der Waals surface area contributed by atoms with Gasteiger partial charge in [-0.3, -0.25) is 0 Å². The van der Waals surface area contributed by atoms with Gasteiger partial charge in [-0.2, -0.15) is 0 Å². The Labute approximate surface area is 143 Å². The van der Waals surface area contributed by atoms with Gasteiger partial charge in [0.25, 0.3) is 0 Å². The molecule has 3 heteroatoms. The van der Waals surface area contributed by atoms with Crippen LogP contribution >= 0.6 is 0 Å². The molecule has 0 unspecified atom stereocenters. The van der Waals surface area contributed by atoms with Gasteiger partial charge in [0.1, 0.15) is 5.75 Å². The van der Waals surface area contributed by atoms with E-state index >= 15 is 0 Å². The highest BCUT2D eigenvalue weighted by molar-refractivity contribution is 5.77. The summed E-state index contributed by atoms with van der Waals surface area (Å²) in [5, 5.41) is 0. The number of nitrogens with zero attached hydrogens (tertiary/aromatic N) is 2. The van der Waals surface area contributed by atoms with Crippen LogP contribution in [0.25, 0.3) is 11.0 Å². The van der Waals surface area contributed by atoms with Crippen molar-refractivity contribution in [1.82, 2.24) is 9.55 Å². The summed E-state index contributed by atoms with van der Waals surface area (Å²) in [4.78, 5) is 4.52. The maximum Gasteiger partial charge on any atom is 0.119 e. The highest BCUT2D eigenvalue weighted by Crippen LogP contribution is 2.26. The van der Waals surface area contributed by atoms with Crippen LogP contribution in [0.1, 0.15) is 35.1 Å². The zero-order valence-electron chi connectivity index (χ0n) is 14.5. The molecular weight excluding hydrogens is 296 g/mol. The van der Waals surface area contributed by atoms with Crippen LogP contribution in [0.3, 0.4) is 0 Å². The predicted octanol–water partition coefficient (Wildman–Crippen LogP) is 4.61. The Hall–Kier alpha value is -2.29. The lowest BCUT2D eigenvalue weighted by Crippen LogP contribution is -2.04. The second-order valence-electron chi connectivity index (χ2n) is 6.85. The van der Waals surface area contributed by atoms with Crippen molar-refractivity contribution in [3.8, 4) is 5.75 Å². The Balaban J connectivity index is 1.37. The number of aromatic nitrogens is 2. The first-order chi connectivity index (χ1) is 11.7. The molecule has 3 aromatic rings. The van der Waals surface area contributed by atoms with Gasteiger partial charge in [0, 0.05) is 6.54 Å². The molecule has 0 fully saturated rings. The fraction of sp³-hybridized carbons (Fsp3) is 0.381. The molecule has 0 saturated heterocycles. The van der Waals surface area contributed by atoms with E-state index in [0.717, 1.165) is 30.8 Å². The number of aryl methyl sites for hydroxylation is 5. The van der Waals surface area contributed by atoms with Crippen LogP contribution in [0.4, 0.5) is 0 Å². The van der Waals surface area contributed by atoms with E-state index in [2.05, 4.69) is 53.7 Å². The van der Waals surface area contributed by atoms with E-state index < -0.39 is 0 Å². The van der Waals surface area contributed by atoms with E-state index in [9.17, 15) is 0 Å². The fourth-order valence-electron chi connectivity index (χ4n) is 3.55. The summed E-state index contributed by atoms with van der Waals surface area (Å²) in [7, 11) is 0. The zero-order valence-corrected chi connectivity index (χ0v) is 14.5.